The molecule has 0 N–H and O–H groups in total. The second-order valence-electron chi connectivity index (χ2n) is 4.99. The van der Waals surface area contributed by atoms with Crippen molar-refractivity contribution < 1.29 is 9.53 Å². The largest absolute Gasteiger partial charge is 0.464 e. The molecule has 0 aromatic heterocycles. The minimum atomic E-state index is -0.557. The number of hydrogen-bond donors (Lipinski definition) is 0. The number of ether oxygens (including phenoxy) is 1. The van der Waals surface area contributed by atoms with Gasteiger partial charge in [0.05, 0.1) is 6.61 Å². The highest BCUT2D eigenvalue weighted by Gasteiger charge is 2.41. The standard InChI is InChI=1S/C15H16O2/c16-14(17-11-12-7-8-12)15-9-3-1-5-13(15)6-2-4-10-15/h1-6,9,12H,7-8,10-11H2. The zero-order valence-electron chi connectivity index (χ0n) is 9.76. The molecule has 0 spiro atoms. The van der Waals surface area contributed by atoms with Crippen LogP contribution in [0.1, 0.15) is 19.3 Å². The monoisotopic (exact) mass is 228 g/mol. The van der Waals surface area contributed by atoms with Gasteiger partial charge in [0.2, 0.25) is 0 Å². The fourth-order valence-electron chi connectivity index (χ4n) is 2.32. The summed E-state index contributed by atoms with van der Waals surface area (Å²) in [5, 5.41) is 0. The molecular formula is C15H16O2. The summed E-state index contributed by atoms with van der Waals surface area (Å²) in [5.41, 5.74) is 0.488. The van der Waals surface area contributed by atoms with Crippen molar-refractivity contribution in [3.63, 3.8) is 0 Å². The Morgan fingerprint density at radius 2 is 2.24 bits per heavy atom. The highest BCUT2D eigenvalue weighted by Crippen LogP contribution is 2.41. The molecule has 0 aromatic rings. The summed E-state index contributed by atoms with van der Waals surface area (Å²) in [6.07, 6.45) is 17.0. The van der Waals surface area contributed by atoms with Crippen LogP contribution in [0.2, 0.25) is 0 Å². The molecule has 0 heterocycles. The molecule has 0 aliphatic heterocycles. The third-order valence-electron chi connectivity index (χ3n) is 3.65. The van der Waals surface area contributed by atoms with Gasteiger partial charge in [-0.2, -0.15) is 0 Å². The van der Waals surface area contributed by atoms with E-state index in [4.69, 9.17) is 4.74 Å². The van der Waals surface area contributed by atoms with Crippen LogP contribution in [-0.2, 0) is 9.53 Å². The molecule has 2 heteroatoms. The van der Waals surface area contributed by atoms with E-state index in [1.807, 2.05) is 42.5 Å². The molecule has 1 fully saturated rings. The van der Waals surface area contributed by atoms with Crippen LogP contribution < -0.4 is 0 Å². The summed E-state index contributed by atoms with van der Waals surface area (Å²) in [4.78, 5) is 12.3. The van der Waals surface area contributed by atoms with E-state index in [1.54, 1.807) is 0 Å². The van der Waals surface area contributed by atoms with Crippen LogP contribution in [0, 0.1) is 11.3 Å². The van der Waals surface area contributed by atoms with E-state index in [-0.39, 0.29) is 5.97 Å². The molecule has 1 saturated carbocycles. The molecule has 3 rings (SSSR count). The van der Waals surface area contributed by atoms with Crippen molar-refractivity contribution >= 4 is 5.97 Å². The Kier molecular flexibility index (Phi) is 2.50. The van der Waals surface area contributed by atoms with Crippen molar-refractivity contribution in [2.24, 2.45) is 11.3 Å². The van der Waals surface area contributed by atoms with Crippen molar-refractivity contribution in [3.05, 3.63) is 48.1 Å². The van der Waals surface area contributed by atoms with Crippen molar-refractivity contribution in [3.8, 4) is 0 Å². The molecule has 88 valence electrons. The number of hydrogen-bond acceptors (Lipinski definition) is 2. The van der Waals surface area contributed by atoms with Gasteiger partial charge in [0, 0.05) is 0 Å². The molecule has 0 bridgehead atoms. The minimum absolute atomic E-state index is 0.0967. The van der Waals surface area contributed by atoms with Crippen LogP contribution in [0.3, 0.4) is 0 Å². The summed E-state index contributed by atoms with van der Waals surface area (Å²) in [6.45, 7) is 0.592. The van der Waals surface area contributed by atoms with Crippen LogP contribution >= 0.6 is 0 Å². The summed E-state index contributed by atoms with van der Waals surface area (Å²) in [6, 6.07) is 0. The number of esters is 1. The molecule has 3 aliphatic carbocycles. The van der Waals surface area contributed by atoms with E-state index in [2.05, 4.69) is 0 Å². The number of fused-ring (bicyclic) bond motifs is 1. The Bertz CT molecular complexity index is 450. The lowest BCUT2D eigenvalue weighted by Crippen LogP contribution is -2.34. The highest BCUT2D eigenvalue weighted by atomic mass is 16.5. The first-order chi connectivity index (χ1) is 8.31. The Balaban J connectivity index is 1.80. The number of carbonyl (C=O) groups excluding carboxylic acids is 1. The van der Waals surface area contributed by atoms with E-state index in [0.717, 1.165) is 5.57 Å². The van der Waals surface area contributed by atoms with Crippen LogP contribution in [0.4, 0.5) is 0 Å². The molecule has 2 nitrogen and oxygen atoms in total. The van der Waals surface area contributed by atoms with Crippen molar-refractivity contribution in [1.29, 1.82) is 0 Å². The molecule has 17 heavy (non-hydrogen) atoms. The highest BCUT2D eigenvalue weighted by molar-refractivity contribution is 5.85. The van der Waals surface area contributed by atoms with Crippen molar-refractivity contribution in [2.75, 3.05) is 6.61 Å². The molecule has 0 amide bonds. The van der Waals surface area contributed by atoms with Gasteiger partial charge in [-0.25, -0.2) is 0 Å². The van der Waals surface area contributed by atoms with E-state index < -0.39 is 5.41 Å². The van der Waals surface area contributed by atoms with Gasteiger partial charge in [0.1, 0.15) is 5.41 Å². The molecule has 0 aromatic carbocycles. The Morgan fingerprint density at radius 1 is 1.35 bits per heavy atom. The van der Waals surface area contributed by atoms with E-state index in [9.17, 15) is 4.79 Å². The van der Waals surface area contributed by atoms with Gasteiger partial charge in [-0.1, -0.05) is 42.5 Å². The van der Waals surface area contributed by atoms with E-state index in [1.165, 1.54) is 12.8 Å². The van der Waals surface area contributed by atoms with Gasteiger partial charge < -0.3 is 4.74 Å². The molecule has 1 unspecified atom stereocenters. The summed E-state index contributed by atoms with van der Waals surface area (Å²) < 4.78 is 5.47. The fraction of sp³-hybridized carbons (Fsp3) is 0.400. The zero-order chi connectivity index (χ0) is 11.7. The Morgan fingerprint density at radius 3 is 3.06 bits per heavy atom. The van der Waals surface area contributed by atoms with Crippen LogP contribution in [0.25, 0.3) is 0 Å². The first-order valence-electron chi connectivity index (χ1n) is 6.22. The average Bonchev–Trinajstić information content (AvgIpc) is 3.20. The molecular weight excluding hydrogens is 212 g/mol. The average molecular weight is 228 g/mol. The predicted octanol–water partition coefficient (Wildman–Crippen LogP) is 2.94. The fourth-order valence-corrected chi connectivity index (χ4v) is 2.32. The summed E-state index contributed by atoms with van der Waals surface area (Å²) in [5.74, 6) is 0.519. The third-order valence-corrected chi connectivity index (χ3v) is 3.65. The van der Waals surface area contributed by atoms with Gasteiger partial charge in [0.25, 0.3) is 0 Å². The normalized spacial score (nSPS) is 29.8. The minimum Gasteiger partial charge on any atom is -0.464 e. The second kappa shape index (κ2) is 4.02. The van der Waals surface area contributed by atoms with Crippen LogP contribution in [-0.4, -0.2) is 12.6 Å². The van der Waals surface area contributed by atoms with Gasteiger partial charge in [-0.15, -0.1) is 0 Å². The lowest BCUT2D eigenvalue weighted by atomic mass is 9.72. The summed E-state index contributed by atoms with van der Waals surface area (Å²) >= 11 is 0. The molecule has 0 radical (unpaired) electrons. The maximum absolute atomic E-state index is 12.3. The quantitative estimate of drug-likeness (QED) is 0.694. The SMILES string of the molecule is O=C(OCC1CC1)C12C=CC=CC1=CC=CC2. The Labute approximate surface area is 101 Å². The maximum Gasteiger partial charge on any atom is 0.320 e. The number of rotatable bonds is 3. The van der Waals surface area contributed by atoms with E-state index >= 15 is 0 Å². The first-order valence-corrected chi connectivity index (χ1v) is 6.22. The number of allylic oxidation sites excluding steroid dienone is 6. The third kappa shape index (κ3) is 1.88. The Hall–Kier alpha value is -1.57. The smallest absolute Gasteiger partial charge is 0.320 e. The molecule has 0 saturated heterocycles. The maximum atomic E-state index is 12.3. The van der Waals surface area contributed by atoms with Gasteiger partial charge in [-0.05, 0) is 30.8 Å². The lowest BCUT2D eigenvalue weighted by Gasteiger charge is -2.32. The van der Waals surface area contributed by atoms with Crippen molar-refractivity contribution in [1.82, 2.24) is 0 Å². The van der Waals surface area contributed by atoms with Crippen LogP contribution in [0.15, 0.2) is 48.1 Å². The first kappa shape index (κ1) is 10.6. The molecule has 1 atom stereocenters. The van der Waals surface area contributed by atoms with Gasteiger partial charge >= 0.3 is 5.97 Å². The molecule has 3 aliphatic rings. The number of carbonyl (C=O) groups is 1. The van der Waals surface area contributed by atoms with Crippen molar-refractivity contribution in [2.45, 2.75) is 19.3 Å². The zero-order valence-corrected chi connectivity index (χ0v) is 9.76. The van der Waals surface area contributed by atoms with Gasteiger partial charge in [-0.3, -0.25) is 4.79 Å². The van der Waals surface area contributed by atoms with Gasteiger partial charge in [0.15, 0.2) is 0 Å². The van der Waals surface area contributed by atoms with E-state index in [0.29, 0.717) is 18.9 Å². The van der Waals surface area contributed by atoms with Crippen LogP contribution in [0.5, 0.6) is 0 Å². The second-order valence-corrected chi connectivity index (χ2v) is 4.99. The summed E-state index contributed by atoms with van der Waals surface area (Å²) in [7, 11) is 0. The lowest BCUT2D eigenvalue weighted by molar-refractivity contribution is -0.151. The predicted molar refractivity (Wildman–Crippen MR) is 66.2 cm³/mol. The topological polar surface area (TPSA) is 26.3 Å².